The number of hydrogen-bond donors (Lipinski definition) is 1. The van der Waals surface area contributed by atoms with E-state index < -0.39 is 28.5 Å². The van der Waals surface area contributed by atoms with Crippen molar-refractivity contribution in [3.8, 4) is 0 Å². The molecule has 1 atom stereocenters. The summed E-state index contributed by atoms with van der Waals surface area (Å²) in [6.07, 6.45) is 0. The van der Waals surface area contributed by atoms with E-state index in [1.807, 2.05) is 45.0 Å². The highest BCUT2D eigenvalue weighted by Gasteiger charge is 2.32. The minimum absolute atomic E-state index is 0.0529. The van der Waals surface area contributed by atoms with E-state index in [1.165, 1.54) is 17.0 Å². The van der Waals surface area contributed by atoms with E-state index in [0.29, 0.717) is 11.6 Å². The second-order valence-corrected chi connectivity index (χ2v) is 13.0. The van der Waals surface area contributed by atoms with Gasteiger partial charge < -0.3 is 10.2 Å². The van der Waals surface area contributed by atoms with Crippen molar-refractivity contribution in [2.24, 2.45) is 5.92 Å². The van der Waals surface area contributed by atoms with Gasteiger partial charge in [0.2, 0.25) is 11.8 Å². The maximum Gasteiger partial charge on any atom is 0.264 e. The molecule has 0 aliphatic heterocycles. The largest absolute Gasteiger partial charge is 0.354 e. The minimum Gasteiger partial charge on any atom is -0.354 e. The Hall–Kier alpha value is -2.88. The van der Waals surface area contributed by atoms with Gasteiger partial charge in [0.25, 0.3) is 10.0 Å². The molecule has 0 saturated heterocycles. The Morgan fingerprint density at radius 1 is 0.974 bits per heavy atom. The fourth-order valence-corrected chi connectivity index (χ4v) is 5.83. The van der Waals surface area contributed by atoms with Crippen molar-refractivity contribution >= 4 is 55.1 Å². The number of halogens is 2. The highest BCUT2D eigenvalue weighted by atomic mass is 79.9. The number of carbonyl (C=O) groups excluding carboxylic acids is 2. The molecule has 0 aliphatic rings. The lowest BCUT2D eigenvalue weighted by Crippen LogP contribution is -2.51. The molecule has 3 rings (SSSR count). The van der Waals surface area contributed by atoms with Crippen molar-refractivity contribution in [3.63, 3.8) is 0 Å². The van der Waals surface area contributed by atoms with Gasteiger partial charge in [0, 0.05) is 22.6 Å². The van der Waals surface area contributed by atoms with Gasteiger partial charge in [0.1, 0.15) is 12.6 Å². The van der Waals surface area contributed by atoms with E-state index in [4.69, 9.17) is 11.6 Å². The van der Waals surface area contributed by atoms with Crippen LogP contribution >= 0.6 is 27.5 Å². The summed E-state index contributed by atoms with van der Waals surface area (Å²) in [6.45, 7) is 7.54. The summed E-state index contributed by atoms with van der Waals surface area (Å²) in [5.74, 6) is -0.602. The summed E-state index contributed by atoms with van der Waals surface area (Å²) < 4.78 is 29.5. The molecule has 2 amide bonds. The quantitative estimate of drug-likeness (QED) is 0.289. The molecule has 7 nitrogen and oxygen atoms in total. The van der Waals surface area contributed by atoms with Crippen LogP contribution in [0.3, 0.4) is 0 Å². The second kappa shape index (κ2) is 13.5. The van der Waals surface area contributed by atoms with Crippen LogP contribution in [0, 0.1) is 12.8 Å². The van der Waals surface area contributed by atoms with Crippen LogP contribution in [0.5, 0.6) is 0 Å². The van der Waals surface area contributed by atoms with Crippen molar-refractivity contribution in [2.45, 2.75) is 45.2 Å². The molecule has 0 radical (unpaired) electrons. The maximum atomic E-state index is 13.9. The lowest BCUT2D eigenvalue weighted by Gasteiger charge is -2.32. The third-order valence-corrected chi connectivity index (χ3v) is 8.63. The zero-order valence-electron chi connectivity index (χ0n) is 22.4. The Bertz CT molecular complexity index is 1400. The first-order valence-corrected chi connectivity index (χ1v) is 15.2. The smallest absolute Gasteiger partial charge is 0.264 e. The molecule has 3 aromatic rings. The number of hydrogen-bond acceptors (Lipinski definition) is 4. The maximum absolute atomic E-state index is 13.9. The normalized spacial score (nSPS) is 12.2. The van der Waals surface area contributed by atoms with E-state index in [2.05, 4.69) is 21.2 Å². The van der Waals surface area contributed by atoms with Gasteiger partial charge in [-0.3, -0.25) is 13.9 Å². The van der Waals surface area contributed by atoms with Gasteiger partial charge in [-0.15, -0.1) is 0 Å². The number of aryl methyl sites for hydroxylation is 1. The topological polar surface area (TPSA) is 86.8 Å². The molecule has 3 aromatic carbocycles. The summed E-state index contributed by atoms with van der Waals surface area (Å²) >= 11 is 9.51. The fourth-order valence-electron chi connectivity index (χ4n) is 3.84. The van der Waals surface area contributed by atoms with Gasteiger partial charge in [-0.2, -0.15) is 0 Å². The van der Waals surface area contributed by atoms with Crippen LogP contribution in [-0.4, -0.2) is 44.3 Å². The molecule has 0 heterocycles. The third kappa shape index (κ3) is 8.30. The van der Waals surface area contributed by atoms with Gasteiger partial charge in [0.05, 0.1) is 10.6 Å². The molecule has 0 bridgehead atoms. The fraction of sp³-hybridized carbons (Fsp3) is 0.310. The summed E-state index contributed by atoms with van der Waals surface area (Å²) in [7, 11) is -4.12. The van der Waals surface area contributed by atoms with Gasteiger partial charge in [-0.1, -0.05) is 71.2 Å². The number of benzene rings is 3. The number of carbonyl (C=O) groups is 2. The molecule has 0 fully saturated rings. The van der Waals surface area contributed by atoms with Crippen molar-refractivity contribution in [1.82, 2.24) is 10.2 Å². The monoisotopic (exact) mass is 633 g/mol. The number of rotatable bonds is 11. The van der Waals surface area contributed by atoms with Crippen molar-refractivity contribution < 1.29 is 18.0 Å². The van der Waals surface area contributed by atoms with Crippen LogP contribution in [0.2, 0.25) is 5.02 Å². The van der Waals surface area contributed by atoms with Crippen molar-refractivity contribution in [2.75, 3.05) is 17.4 Å². The Balaban J connectivity index is 2.01. The molecular weight excluding hydrogens is 602 g/mol. The summed E-state index contributed by atoms with van der Waals surface area (Å²) in [5, 5.41) is 3.31. The standard InChI is InChI=1S/C29H33BrClN3O4S/c1-20(2)17-32-29(36)22(4)33(18-23-6-5-7-24(30)16-23)28(35)19-34(26-12-10-25(31)11-13-26)39(37,38)27-14-8-21(3)9-15-27/h5-16,20,22H,17-19H2,1-4H3,(H,32,36). The van der Waals surface area contributed by atoms with E-state index in [-0.39, 0.29) is 29.0 Å². The van der Waals surface area contributed by atoms with E-state index in [9.17, 15) is 18.0 Å². The summed E-state index contributed by atoms with van der Waals surface area (Å²) in [5.41, 5.74) is 1.98. The summed E-state index contributed by atoms with van der Waals surface area (Å²) in [6, 6.07) is 19.3. The predicted octanol–water partition coefficient (Wildman–Crippen LogP) is 5.80. The summed E-state index contributed by atoms with van der Waals surface area (Å²) in [4.78, 5) is 28.4. The van der Waals surface area contributed by atoms with Gasteiger partial charge >= 0.3 is 0 Å². The van der Waals surface area contributed by atoms with Crippen LogP contribution in [0.25, 0.3) is 0 Å². The van der Waals surface area contributed by atoms with Gasteiger partial charge in [0.15, 0.2) is 0 Å². The Morgan fingerprint density at radius 3 is 2.21 bits per heavy atom. The van der Waals surface area contributed by atoms with Crippen molar-refractivity contribution in [1.29, 1.82) is 0 Å². The molecule has 0 aromatic heterocycles. The van der Waals surface area contributed by atoms with E-state index >= 15 is 0 Å². The minimum atomic E-state index is -4.12. The number of sulfonamides is 1. The van der Waals surface area contributed by atoms with Crippen LogP contribution in [-0.2, 0) is 26.2 Å². The first-order valence-electron chi connectivity index (χ1n) is 12.5. The van der Waals surface area contributed by atoms with Gasteiger partial charge in [-0.05, 0) is 73.9 Å². The molecule has 1 N–H and O–H groups in total. The first-order chi connectivity index (χ1) is 18.4. The molecule has 10 heteroatoms. The van der Waals surface area contributed by atoms with Crippen LogP contribution in [0.4, 0.5) is 5.69 Å². The van der Waals surface area contributed by atoms with Crippen LogP contribution in [0.15, 0.2) is 82.2 Å². The molecule has 0 aliphatic carbocycles. The Kier molecular flexibility index (Phi) is 10.6. The highest BCUT2D eigenvalue weighted by Crippen LogP contribution is 2.26. The number of amides is 2. The highest BCUT2D eigenvalue weighted by molar-refractivity contribution is 9.10. The lowest BCUT2D eigenvalue weighted by atomic mass is 10.1. The number of nitrogens with one attached hydrogen (secondary N) is 1. The van der Waals surface area contributed by atoms with Crippen LogP contribution in [0.1, 0.15) is 31.9 Å². The number of nitrogens with zero attached hydrogens (tertiary/aromatic N) is 2. The zero-order chi connectivity index (χ0) is 28.7. The van der Waals surface area contributed by atoms with E-state index in [1.54, 1.807) is 43.3 Å². The zero-order valence-corrected chi connectivity index (χ0v) is 25.6. The van der Waals surface area contributed by atoms with Crippen LogP contribution < -0.4 is 9.62 Å². The first kappa shape index (κ1) is 30.7. The van der Waals surface area contributed by atoms with E-state index in [0.717, 1.165) is 19.9 Å². The SMILES string of the molecule is Cc1ccc(S(=O)(=O)N(CC(=O)N(Cc2cccc(Br)c2)C(C)C(=O)NCC(C)C)c2ccc(Cl)cc2)cc1. The molecule has 39 heavy (non-hydrogen) atoms. The molecule has 0 saturated carbocycles. The van der Waals surface area contributed by atoms with Crippen molar-refractivity contribution in [3.05, 3.63) is 93.4 Å². The number of anilines is 1. The molecule has 0 spiro atoms. The Labute approximate surface area is 244 Å². The third-order valence-electron chi connectivity index (χ3n) is 6.10. The molecule has 1 unspecified atom stereocenters. The second-order valence-electron chi connectivity index (χ2n) is 9.77. The molecule has 208 valence electrons. The average Bonchev–Trinajstić information content (AvgIpc) is 2.89. The predicted molar refractivity (Wildman–Crippen MR) is 159 cm³/mol. The van der Waals surface area contributed by atoms with Gasteiger partial charge in [-0.25, -0.2) is 8.42 Å². The molecular formula is C29H33BrClN3O4S. The Morgan fingerprint density at radius 2 is 1.62 bits per heavy atom. The lowest BCUT2D eigenvalue weighted by molar-refractivity contribution is -0.139. The average molecular weight is 635 g/mol.